The minimum Gasteiger partial charge on any atom is -0.366 e. The molecule has 1 amide bonds. The van der Waals surface area contributed by atoms with Gasteiger partial charge in [0.25, 0.3) is 0 Å². The predicted octanol–water partition coefficient (Wildman–Crippen LogP) is 4.25. The molecule has 148 valence electrons. The van der Waals surface area contributed by atoms with Gasteiger partial charge in [-0.15, -0.1) is 5.10 Å². The van der Waals surface area contributed by atoms with Gasteiger partial charge in [-0.1, -0.05) is 58.0 Å². The second kappa shape index (κ2) is 8.00. The van der Waals surface area contributed by atoms with Crippen LogP contribution in [0.4, 0.5) is 10.3 Å². The van der Waals surface area contributed by atoms with E-state index < -0.39 is 11.9 Å². The van der Waals surface area contributed by atoms with Gasteiger partial charge < -0.3 is 11.1 Å². The van der Waals surface area contributed by atoms with Crippen molar-refractivity contribution in [2.45, 2.75) is 23.9 Å². The van der Waals surface area contributed by atoms with Crippen LogP contribution in [0, 0.1) is 5.82 Å². The molecule has 0 saturated carbocycles. The van der Waals surface area contributed by atoms with Crippen molar-refractivity contribution in [2.75, 3.05) is 5.32 Å². The van der Waals surface area contributed by atoms with Crippen molar-refractivity contribution in [1.82, 2.24) is 14.8 Å². The Morgan fingerprint density at radius 1 is 1.31 bits per heavy atom. The molecule has 29 heavy (non-hydrogen) atoms. The van der Waals surface area contributed by atoms with Gasteiger partial charge in [0.05, 0.1) is 5.57 Å². The van der Waals surface area contributed by atoms with E-state index in [9.17, 15) is 9.18 Å². The Morgan fingerprint density at radius 3 is 2.83 bits per heavy atom. The average molecular weight is 474 g/mol. The molecule has 3 N–H and O–H groups in total. The zero-order chi connectivity index (χ0) is 20.5. The highest BCUT2D eigenvalue weighted by Crippen LogP contribution is 2.37. The summed E-state index contributed by atoms with van der Waals surface area (Å²) in [5.41, 5.74) is 8.17. The number of aromatic nitrogens is 3. The molecule has 0 radical (unpaired) electrons. The summed E-state index contributed by atoms with van der Waals surface area (Å²) in [5, 5.41) is 8.16. The fourth-order valence-electron chi connectivity index (χ4n) is 3.25. The van der Waals surface area contributed by atoms with Gasteiger partial charge in [-0.2, -0.15) is 4.98 Å². The number of thioether (sulfide) groups is 1. The van der Waals surface area contributed by atoms with Crippen molar-refractivity contribution in [1.29, 1.82) is 0 Å². The third-order valence-electron chi connectivity index (χ3n) is 4.58. The van der Waals surface area contributed by atoms with E-state index in [-0.39, 0.29) is 5.82 Å². The first-order valence-corrected chi connectivity index (χ1v) is 10.6. The minimum atomic E-state index is -0.526. The molecule has 9 heteroatoms. The lowest BCUT2D eigenvalue weighted by Crippen LogP contribution is -2.31. The van der Waals surface area contributed by atoms with Gasteiger partial charge in [-0.05, 0) is 36.2 Å². The van der Waals surface area contributed by atoms with E-state index in [1.807, 2.05) is 24.3 Å². The Morgan fingerprint density at radius 2 is 2.10 bits per heavy atom. The maximum Gasteiger partial charge on any atom is 0.248 e. The van der Waals surface area contributed by atoms with Crippen molar-refractivity contribution in [3.05, 3.63) is 81.2 Å². The maximum atomic E-state index is 13.9. The van der Waals surface area contributed by atoms with E-state index in [4.69, 9.17) is 5.73 Å². The van der Waals surface area contributed by atoms with Crippen LogP contribution in [0.5, 0.6) is 0 Å². The van der Waals surface area contributed by atoms with Gasteiger partial charge in [-0.3, -0.25) is 4.79 Å². The molecule has 6 nitrogen and oxygen atoms in total. The number of rotatable bonds is 5. The summed E-state index contributed by atoms with van der Waals surface area (Å²) >= 11 is 4.80. The van der Waals surface area contributed by atoms with Crippen LogP contribution in [-0.4, -0.2) is 20.7 Å². The second-order valence-corrected chi connectivity index (χ2v) is 8.39. The van der Waals surface area contributed by atoms with Gasteiger partial charge >= 0.3 is 0 Å². The number of nitrogens with zero attached hydrogens (tertiary/aromatic N) is 3. The lowest BCUT2D eigenvalue weighted by Gasteiger charge is -2.27. The quantitative estimate of drug-likeness (QED) is 0.541. The summed E-state index contributed by atoms with van der Waals surface area (Å²) in [6.07, 6.45) is 0. The predicted molar refractivity (Wildman–Crippen MR) is 114 cm³/mol. The van der Waals surface area contributed by atoms with Gasteiger partial charge in [-0.25, -0.2) is 9.07 Å². The molecular weight excluding hydrogens is 457 g/mol. The molecule has 1 atom stereocenters. The smallest absolute Gasteiger partial charge is 0.248 e. The fraction of sp³-hybridized carbons (Fsp3) is 0.150. The third-order valence-corrected chi connectivity index (χ3v) is 5.96. The number of anilines is 1. The number of allylic oxidation sites excluding steroid dienone is 1. The summed E-state index contributed by atoms with van der Waals surface area (Å²) in [6, 6.07) is 13.7. The summed E-state index contributed by atoms with van der Waals surface area (Å²) in [5.74, 6) is 0.116. The molecule has 2 heterocycles. The topological polar surface area (TPSA) is 85.8 Å². The second-order valence-electron chi connectivity index (χ2n) is 6.53. The third kappa shape index (κ3) is 3.92. The molecule has 4 rings (SSSR count). The summed E-state index contributed by atoms with van der Waals surface area (Å²) in [4.78, 5) is 16.7. The number of carbonyl (C=O) groups excluding carboxylic acids is 1. The Kier molecular flexibility index (Phi) is 5.42. The Labute approximate surface area is 179 Å². The maximum absolute atomic E-state index is 13.9. The summed E-state index contributed by atoms with van der Waals surface area (Å²) in [6.45, 7) is 1.79. The molecule has 2 aromatic carbocycles. The molecule has 3 aromatic rings. The monoisotopic (exact) mass is 473 g/mol. The lowest BCUT2D eigenvalue weighted by molar-refractivity contribution is -0.115. The number of primary amides is 1. The van der Waals surface area contributed by atoms with Crippen LogP contribution in [0.25, 0.3) is 0 Å². The van der Waals surface area contributed by atoms with Gasteiger partial charge in [0, 0.05) is 15.9 Å². The van der Waals surface area contributed by atoms with Crippen LogP contribution < -0.4 is 11.1 Å². The van der Waals surface area contributed by atoms with Crippen LogP contribution in [0.2, 0.25) is 0 Å². The van der Waals surface area contributed by atoms with E-state index in [0.29, 0.717) is 33.7 Å². The Balaban J connectivity index is 1.70. The van der Waals surface area contributed by atoms with E-state index >= 15 is 0 Å². The number of carbonyl (C=O) groups is 1. The molecule has 1 aromatic heterocycles. The number of nitrogens with two attached hydrogens (primary N) is 1. The van der Waals surface area contributed by atoms with E-state index in [1.54, 1.807) is 29.8 Å². The molecule has 0 saturated heterocycles. The largest absolute Gasteiger partial charge is 0.366 e. The number of fused-ring (bicyclic) bond motifs is 1. The highest BCUT2D eigenvalue weighted by Gasteiger charge is 2.33. The van der Waals surface area contributed by atoms with E-state index in [0.717, 1.165) is 10.0 Å². The molecule has 0 bridgehead atoms. The first kappa shape index (κ1) is 19.7. The zero-order valence-corrected chi connectivity index (χ0v) is 17.8. The van der Waals surface area contributed by atoms with Crippen LogP contribution >= 0.6 is 27.7 Å². The van der Waals surface area contributed by atoms with Crippen molar-refractivity contribution < 1.29 is 9.18 Å². The van der Waals surface area contributed by atoms with Crippen LogP contribution in [0.3, 0.4) is 0 Å². The number of amides is 1. The highest BCUT2D eigenvalue weighted by molar-refractivity contribution is 9.10. The fourth-order valence-corrected chi connectivity index (χ4v) is 4.49. The normalized spacial score (nSPS) is 15.8. The van der Waals surface area contributed by atoms with Crippen molar-refractivity contribution >= 4 is 39.5 Å². The molecule has 1 unspecified atom stereocenters. The van der Waals surface area contributed by atoms with E-state index in [2.05, 4.69) is 31.3 Å². The average Bonchev–Trinajstić information content (AvgIpc) is 3.08. The first-order chi connectivity index (χ1) is 13.9. The van der Waals surface area contributed by atoms with Gasteiger partial charge in [0.2, 0.25) is 17.0 Å². The molecule has 1 aliphatic heterocycles. The Bertz CT molecular complexity index is 1130. The summed E-state index contributed by atoms with van der Waals surface area (Å²) < 4.78 is 16.4. The van der Waals surface area contributed by atoms with Gasteiger partial charge in [0.1, 0.15) is 11.9 Å². The van der Waals surface area contributed by atoms with Crippen LogP contribution in [-0.2, 0) is 10.5 Å². The molecule has 0 aliphatic carbocycles. The minimum absolute atomic E-state index is 0.261. The van der Waals surface area contributed by atoms with Crippen molar-refractivity contribution in [3.8, 4) is 0 Å². The summed E-state index contributed by atoms with van der Waals surface area (Å²) in [7, 11) is 0. The van der Waals surface area contributed by atoms with Crippen molar-refractivity contribution in [3.63, 3.8) is 0 Å². The SMILES string of the molecule is CC1=C(C(N)=O)C(c2cccc(Br)c2)n2nc(SCc3ccccc3F)nc2N1. The zero-order valence-electron chi connectivity index (χ0n) is 15.4. The highest BCUT2D eigenvalue weighted by atomic mass is 79.9. The molecule has 0 fully saturated rings. The van der Waals surface area contributed by atoms with E-state index in [1.165, 1.54) is 17.8 Å². The van der Waals surface area contributed by atoms with Crippen LogP contribution in [0.1, 0.15) is 24.1 Å². The number of hydrogen-bond acceptors (Lipinski definition) is 5. The van der Waals surface area contributed by atoms with Crippen LogP contribution in [0.15, 0.2) is 69.4 Å². The number of hydrogen-bond donors (Lipinski definition) is 2. The standard InChI is InChI=1S/C20H17BrFN5OS/c1-11-16(18(23)28)17(12-6-4-7-14(21)9-12)27-19(24-11)25-20(26-27)29-10-13-5-2-3-8-15(13)22/h2-9,17H,10H2,1H3,(H2,23,28)(H,24,25,26). The number of nitrogens with one attached hydrogen (secondary N) is 1. The molecular formula is C20H17BrFN5OS. The first-order valence-electron chi connectivity index (χ1n) is 8.80. The van der Waals surface area contributed by atoms with Crippen molar-refractivity contribution in [2.24, 2.45) is 5.73 Å². The lowest BCUT2D eigenvalue weighted by atomic mass is 9.95. The molecule has 0 spiro atoms. The number of halogens is 2. The number of benzene rings is 2. The molecule has 1 aliphatic rings. The Hall–Kier alpha value is -2.65. The van der Waals surface area contributed by atoms with Gasteiger partial charge in [0.15, 0.2) is 0 Å².